The second kappa shape index (κ2) is 53.8. The van der Waals surface area contributed by atoms with Gasteiger partial charge in [0.05, 0.1) is 126 Å². The first-order chi connectivity index (χ1) is 57.9. The van der Waals surface area contributed by atoms with E-state index in [-0.39, 0.29) is 106 Å². The molecule has 4 aromatic rings. The smallest absolute Gasteiger partial charge is 0.373 e. The molecule has 8 atom stereocenters. The summed E-state index contributed by atoms with van der Waals surface area (Å²) in [4.78, 5) is 205. The summed E-state index contributed by atoms with van der Waals surface area (Å²) in [5.74, 6) is -14.8. The van der Waals surface area contributed by atoms with Crippen molar-refractivity contribution in [2.45, 2.75) is 197 Å². The SMILES string of the molecule is CCc1cccnc1CN(CC(=O)O)[C@H]1CCCCC1N(CC(=O)O)CC(=O)O.COC(=O)c1ccc(CN(CC(=O)O)[C@H]2CCCCC2N(CC(=O)O)CC(=O)O)nc1.O=C(O)CN(CC(=O)O)C1CCCC[C@@H]1N(CC(=O)O)Cc1ccc(C(=O)O)cn1.O=C(O)CN(CC(=O)O)C1CCCC[C@@H]1N(CC(=O)O)Cc1ccc(CO)cn1.O=C=O. The minimum Gasteiger partial charge on any atom is -0.480 e. The molecule has 4 aromatic heterocycles. The molecule has 4 heterocycles. The fourth-order valence-electron chi connectivity index (χ4n) is 16.0. The standard InChI is InChI=1S/C20H27N3O8.C20H29N3O6.C19H25N3O8.C19H27N3O7.CO2/c1-31-20(30)13-6-7-14(21-8-13)9-22(10-17(24)25)15-4-2-3-5-16(15)23(11-18(26)27)12-19(28)29;1-2-14-6-5-9-21-15(14)10-22(11-18(24)25)16-7-3-4-8-17(16)23(12-19(26)27)13-20(28)29;23-16(24)9-21(8-13-6-5-12(7-20-13)19(29)30)14-3-1-2-4-15(14)22(10-17(25)26)11-18(27)28;23-12-13-5-6-14(20-7-13)8-21(9-17(24)25)15-3-1-2-4-16(15)22(10-18(26)27)11-19(28)29;2-1-3/h6-8,15-16H,2-5,9-12H2,1H3,(H,24,25)(H,26,27)(H,28,29);5-6,9,16-17H,2-4,7-8,10-13H2,1H3,(H,24,25)(H,26,27)(H,28,29);5-7,14-15H,1-4,8-11H2,(H,23,24)(H,25,26)(H,27,28)(H,29,30);5-7,15-16,23H,1-4,8-12H2,(H,24,25)(H,26,27)(H,28,29);/t15-,16?;16-,17?;14-,15?;15-,16?;/m0000./s1. The highest BCUT2D eigenvalue weighted by Gasteiger charge is 2.42. The van der Waals surface area contributed by atoms with Gasteiger partial charge in [-0.05, 0) is 105 Å². The van der Waals surface area contributed by atoms with Crippen molar-refractivity contribution in [3.63, 3.8) is 0 Å². The number of rotatable bonds is 44. The van der Waals surface area contributed by atoms with Crippen LogP contribution in [0, 0.1) is 0 Å². The Kier molecular flexibility index (Phi) is 45.2. The maximum absolute atomic E-state index is 11.6. The summed E-state index contributed by atoms with van der Waals surface area (Å²) in [6, 6.07) is 10.3. The fourth-order valence-corrected chi connectivity index (χ4v) is 16.0. The number of aliphatic hydroxyl groups excluding tert-OH is 1. The van der Waals surface area contributed by atoms with Crippen LogP contribution in [0.4, 0.5) is 0 Å². The molecule has 0 spiro atoms. The van der Waals surface area contributed by atoms with Crippen LogP contribution in [0.15, 0.2) is 73.3 Å². The van der Waals surface area contributed by atoms with E-state index in [1.165, 1.54) is 63.5 Å². The first kappa shape index (κ1) is 103. The molecular formula is C79H108N12O31. The third-order valence-electron chi connectivity index (χ3n) is 20.8. The molecule has 4 aliphatic carbocycles. The number of aromatic carboxylic acids is 1. The molecule has 0 aromatic carbocycles. The number of hydrogen-bond donors (Lipinski definition) is 14. The van der Waals surface area contributed by atoms with Gasteiger partial charge in [-0.25, -0.2) is 9.59 Å². The minimum absolute atomic E-state index is 0.00756. The van der Waals surface area contributed by atoms with Crippen LogP contribution >= 0.6 is 0 Å². The summed E-state index contributed by atoms with van der Waals surface area (Å²) in [7, 11) is 1.26. The second-order valence-corrected chi connectivity index (χ2v) is 29.4. The molecule has 43 nitrogen and oxygen atoms in total. The number of carbonyl (C=O) groups is 14. The lowest BCUT2D eigenvalue weighted by molar-refractivity contribution is -0.192. The van der Waals surface area contributed by atoms with Gasteiger partial charge in [-0.2, -0.15) is 9.59 Å². The molecule has 0 aliphatic heterocycles. The van der Waals surface area contributed by atoms with Crippen molar-refractivity contribution in [1.82, 2.24) is 59.1 Å². The van der Waals surface area contributed by atoms with Gasteiger partial charge in [-0.1, -0.05) is 70.4 Å². The summed E-state index contributed by atoms with van der Waals surface area (Å²) in [5.41, 5.74) is 4.36. The molecular weight excluding hydrogens is 1610 g/mol. The van der Waals surface area contributed by atoms with Crippen LogP contribution in [0.1, 0.15) is 164 Å². The topological polar surface area (TPSA) is 643 Å². The van der Waals surface area contributed by atoms with Crippen molar-refractivity contribution in [3.05, 3.63) is 118 Å². The summed E-state index contributed by atoms with van der Waals surface area (Å²) in [6.45, 7) is -1.86. The second-order valence-electron chi connectivity index (χ2n) is 29.4. The van der Waals surface area contributed by atoms with Crippen molar-refractivity contribution in [1.29, 1.82) is 0 Å². The van der Waals surface area contributed by atoms with Gasteiger partial charge in [0.1, 0.15) is 0 Å². The summed E-state index contributed by atoms with van der Waals surface area (Å²) in [5, 5.41) is 130. The monoisotopic (exact) mass is 1720 g/mol. The Balaban J connectivity index is 0.000000338. The lowest BCUT2D eigenvalue weighted by Gasteiger charge is -2.43. The summed E-state index contributed by atoms with van der Waals surface area (Å²) in [6.07, 6.45) is 18.2. The average Bonchev–Trinajstić information content (AvgIpc) is 0.834. The largest absolute Gasteiger partial charge is 0.480 e. The van der Waals surface area contributed by atoms with Crippen molar-refractivity contribution in [3.8, 4) is 0 Å². The van der Waals surface area contributed by atoms with E-state index in [2.05, 4.69) is 24.7 Å². The van der Waals surface area contributed by atoms with E-state index >= 15 is 0 Å². The molecule has 4 aliphatic rings. The van der Waals surface area contributed by atoms with Gasteiger partial charge < -0.3 is 76.2 Å². The van der Waals surface area contributed by atoms with Gasteiger partial charge in [-0.15, -0.1) is 0 Å². The van der Waals surface area contributed by atoms with Crippen molar-refractivity contribution >= 4 is 89.7 Å². The lowest BCUT2D eigenvalue weighted by atomic mass is 9.87. The van der Waals surface area contributed by atoms with E-state index in [9.17, 15) is 128 Å². The summed E-state index contributed by atoms with van der Waals surface area (Å²) >= 11 is 0. The number of carboxylic acid groups (broad SMARTS) is 13. The van der Waals surface area contributed by atoms with Crippen LogP contribution in [0.25, 0.3) is 0 Å². The van der Waals surface area contributed by atoms with Crippen LogP contribution in [-0.4, -0.2) is 354 Å². The van der Waals surface area contributed by atoms with Crippen molar-refractivity contribution < 1.29 is 153 Å². The Morgan fingerprint density at radius 2 is 0.590 bits per heavy atom. The zero-order chi connectivity index (χ0) is 90.7. The Labute approximate surface area is 700 Å². The van der Waals surface area contributed by atoms with E-state index in [1.54, 1.807) is 39.1 Å². The number of aromatic nitrogens is 4. The Bertz CT molecular complexity index is 4080. The van der Waals surface area contributed by atoms with E-state index in [1.807, 2.05) is 24.0 Å². The average molecular weight is 1720 g/mol. The van der Waals surface area contributed by atoms with Gasteiger partial charge in [0, 0.05) is 99.3 Å². The van der Waals surface area contributed by atoms with Crippen LogP contribution in [0.5, 0.6) is 0 Å². The molecule has 43 heteroatoms. The Morgan fingerprint density at radius 1 is 0.344 bits per heavy atom. The molecule has 4 fully saturated rings. The number of aliphatic carboxylic acids is 12. The third-order valence-corrected chi connectivity index (χ3v) is 20.8. The number of hydrogen-bond acceptors (Lipinski definition) is 30. The molecule has 0 bridgehead atoms. The molecule has 670 valence electrons. The number of aryl methyl sites for hydroxylation is 1. The van der Waals surface area contributed by atoms with E-state index in [4.69, 9.17) is 19.8 Å². The predicted molar refractivity (Wildman–Crippen MR) is 419 cm³/mol. The van der Waals surface area contributed by atoms with Crippen LogP contribution in [-0.2, 0) is 111 Å². The fraction of sp³-hybridized carbons (Fsp3) is 0.557. The quantitative estimate of drug-likeness (QED) is 0.0281. The lowest BCUT2D eigenvalue weighted by Crippen LogP contribution is -2.56. The third kappa shape index (κ3) is 37.0. The Morgan fingerprint density at radius 3 is 0.811 bits per heavy atom. The maximum Gasteiger partial charge on any atom is 0.373 e. The minimum atomic E-state index is -1.16. The molecule has 4 unspecified atom stereocenters. The zero-order valence-electron chi connectivity index (χ0n) is 67.7. The highest BCUT2D eigenvalue weighted by Crippen LogP contribution is 2.33. The molecule has 0 saturated heterocycles. The zero-order valence-corrected chi connectivity index (χ0v) is 67.7. The normalized spacial score (nSPS) is 18.7. The number of carboxylic acids is 13. The molecule has 8 rings (SSSR count). The Hall–Kier alpha value is -11.8. The molecule has 14 N–H and O–H groups in total. The van der Waals surface area contributed by atoms with Crippen LogP contribution < -0.4 is 0 Å². The van der Waals surface area contributed by atoms with Gasteiger partial charge in [0.2, 0.25) is 0 Å². The van der Waals surface area contributed by atoms with Crippen molar-refractivity contribution in [2.24, 2.45) is 0 Å². The van der Waals surface area contributed by atoms with Gasteiger partial charge in [0.15, 0.2) is 0 Å². The van der Waals surface area contributed by atoms with Gasteiger partial charge >= 0.3 is 89.7 Å². The number of methoxy groups -OCH3 is 1. The van der Waals surface area contributed by atoms with E-state index < -0.39 is 148 Å². The highest BCUT2D eigenvalue weighted by atomic mass is 16.5. The molecule has 122 heavy (non-hydrogen) atoms. The van der Waals surface area contributed by atoms with E-state index in [0.29, 0.717) is 80.6 Å². The number of carbonyl (C=O) groups excluding carboxylic acids is 3. The highest BCUT2D eigenvalue weighted by molar-refractivity contribution is 5.89. The van der Waals surface area contributed by atoms with Crippen LogP contribution in [0.2, 0.25) is 0 Å². The van der Waals surface area contributed by atoms with Crippen LogP contribution in [0.3, 0.4) is 0 Å². The predicted octanol–water partition coefficient (Wildman–Crippen LogP) is 1.96. The van der Waals surface area contributed by atoms with Gasteiger partial charge in [-0.3, -0.25) is 117 Å². The molecule has 0 amide bonds. The number of esters is 1. The number of aliphatic hydroxyl groups is 1. The van der Waals surface area contributed by atoms with E-state index in [0.717, 1.165) is 69.0 Å². The molecule has 0 radical (unpaired) electrons. The summed E-state index contributed by atoms with van der Waals surface area (Å²) < 4.78 is 4.64. The number of pyridine rings is 4. The first-order valence-electron chi connectivity index (χ1n) is 39.1. The number of nitrogens with zero attached hydrogens (tertiary/aromatic N) is 12. The van der Waals surface area contributed by atoms with Crippen molar-refractivity contribution in [2.75, 3.05) is 85.6 Å². The first-order valence-corrected chi connectivity index (χ1v) is 39.1. The molecule has 4 saturated carbocycles. The van der Waals surface area contributed by atoms with Gasteiger partial charge in [0.25, 0.3) is 0 Å². The number of ether oxygens (including phenoxy) is 1. The maximum atomic E-state index is 11.6.